The lowest BCUT2D eigenvalue weighted by Crippen LogP contribution is -2.20. The Bertz CT molecular complexity index is 980. The van der Waals surface area contributed by atoms with E-state index in [4.69, 9.17) is 9.47 Å². The van der Waals surface area contributed by atoms with E-state index in [1.54, 1.807) is 7.11 Å². The maximum atomic E-state index is 12.3. The van der Waals surface area contributed by atoms with Gasteiger partial charge in [0.05, 0.1) is 12.8 Å². The van der Waals surface area contributed by atoms with Crippen LogP contribution in [0.15, 0.2) is 42.5 Å². The SMILES string of the molecule is CCCc1ccc(OCC(=O)Nc2nc(-c3ccc(OC)c(C)c3)c(C)s2)cc1. The van der Waals surface area contributed by atoms with Gasteiger partial charge >= 0.3 is 0 Å². The van der Waals surface area contributed by atoms with Crippen LogP contribution in [0.1, 0.15) is 29.3 Å². The molecular weight excluding hydrogens is 384 g/mol. The van der Waals surface area contributed by atoms with Gasteiger partial charge in [0, 0.05) is 10.4 Å². The van der Waals surface area contributed by atoms with Gasteiger partial charge < -0.3 is 9.47 Å². The van der Waals surface area contributed by atoms with Gasteiger partial charge in [-0.25, -0.2) is 4.98 Å². The maximum Gasteiger partial charge on any atom is 0.264 e. The Balaban J connectivity index is 1.61. The number of benzene rings is 2. The number of anilines is 1. The molecular formula is C23H26N2O3S. The van der Waals surface area contributed by atoms with Crippen LogP contribution >= 0.6 is 11.3 Å². The van der Waals surface area contributed by atoms with Crippen molar-refractivity contribution < 1.29 is 14.3 Å². The molecule has 0 fully saturated rings. The highest BCUT2D eigenvalue weighted by atomic mass is 32.1. The number of aryl methyl sites for hydroxylation is 3. The van der Waals surface area contributed by atoms with Crippen LogP contribution in [0.5, 0.6) is 11.5 Å². The number of hydrogen-bond acceptors (Lipinski definition) is 5. The first-order valence-electron chi connectivity index (χ1n) is 9.64. The zero-order valence-corrected chi connectivity index (χ0v) is 18.1. The van der Waals surface area contributed by atoms with Crippen molar-refractivity contribution in [1.82, 2.24) is 4.98 Å². The van der Waals surface area contributed by atoms with Crippen molar-refractivity contribution in [3.8, 4) is 22.8 Å². The molecule has 0 saturated carbocycles. The van der Waals surface area contributed by atoms with Crippen LogP contribution in [0.3, 0.4) is 0 Å². The summed E-state index contributed by atoms with van der Waals surface area (Å²) in [6, 6.07) is 13.8. The van der Waals surface area contributed by atoms with E-state index in [0.29, 0.717) is 10.9 Å². The average molecular weight is 411 g/mol. The van der Waals surface area contributed by atoms with Gasteiger partial charge in [0.15, 0.2) is 11.7 Å². The zero-order valence-electron chi connectivity index (χ0n) is 17.2. The first-order valence-corrected chi connectivity index (χ1v) is 10.5. The van der Waals surface area contributed by atoms with Crippen molar-refractivity contribution >= 4 is 22.4 Å². The van der Waals surface area contributed by atoms with E-state index in [1.165, 1.54) is 16.9 Å². The fourth-order valence-electron chi connectivity index (χ4n) is 3.09. The molecule has 0 bridgehead atoms. The topological polar surface area (TPSA) is 60.5 Å². The number of ether oxygens (including phenoxy) is 2. The Morgan fingerprint density at radius 1 is 1.14 bits per heavy atom. The molecule has 1 aromatic heterocycles. The number of rotatable bonds is 8. The van der Waals surface area contributed by atoms with Crippen molar-refractivity contribution in [2.75, 3.05) is 19.0 Å². The largest absolute Gasteiger partial charge is 0.496 e. The number of carbonyl (C=O) groups excluding carboxylic acids is 1. The van der Waals surface area contributed by atoms with Crippen molar-refractivity contribution in [3.05, 3.63) is 58.5 Å². The summed E-state index contributed by atoms with van der Waals surface area (Å²) in [6.45, 7) is 6.09. The predicted octanol–water partition coefficient (Wildman–Crippen LogP) is 5.41. The average Bonchev–Trinajstić information content (AvgIpc) is 3.07. The Morgan fingerprint density at radius 3 is 2.55 bits per heavy atom. The molecule has 5 nitrogen and oxygen atoms in total. The van der Waals surface area contributed by atoms with Gasteiger partial charge in [0.2, 0.25) is 0 Å². The molecule has 2 aromatic carbocycles. The molecule has 0 radical (unpaired) electrons. The van der Waals surface area contributed by atoms with Crippen LogP contribution in [0.25, 0.3) is 11.3 Å². The van der Waals surface area contributed by atoms with E-state index in [9.17, 15) is 4.79 Å². The molecule has 152 valence electrons. The van der Waals surface area contributed by atoms with E-state index in [2.05, 4.69) is 17.2 Å². The van der Waals surface area contributed by atoms with Crippen LogP contribution in [0.4, 0.5) is 5.13 Å². The van der Waals surface area contributed by atoms with Crippen LogP contribution in [0, 0.1) is 13.8 Å². The van der Waals surface area contributed by atoms with Crippen molar-refractivity contribution in [2.24, 2.45) is 0 Å². The van der Waals surface area contributed by atoms with Gasteiger partial charge in [-0.3, -0.25) is 10.1 Å². The number of thiazole rings is 1. The molecule has 1 N–H and O–H groups in total. The first kappa shape index (κ1) is 20.9. The Labute approximate surface area is 175 Å². The van der Waals surface area contributed by atoms with Crippen LogP contribution in [-0.2, 0) is 11.2 Å². The molecule has 0 atom stereocenters. The lowest BCUT2D eigenvalue weighted by molar-refractivity contribution is -0.118. The van der Waals surface area contributed by atoms with E-state index in [-0.39, 0.29) is 12.5 Å². The lowest BCUT2D eigenvalue weighted by Gasteiger charge is -2.07. The van der Waals surface area contributed by atoms with Gasteiger partial charge in [0.1, 0.15) is 11.5 Å². The molecule has 0 saturated heterocycles. The third-order valence-electron chi connectivity index (χ3n) is 4.54. The van der Waals surface area contributed by atoms with Crippen LogP contribution in [0.2, 0.25) is 0 Å². The van der Waals surface area contributed by atoms with Crippen molar-refractivity contribution in [1.29, 1.82) is 0 Å². The second-order valence-corrected chi connectivity index (χ2v) is 8.04. The third kappa shape index (κ3) is 5.35. The van der Waals surface area contributed by atoms with Crippen LogP contribution in [-0.4, -0.2) is 24.6 Å². The monoisotopic (exact) mass is 410 g/mol. The number of carbonyl (C=O) groups is 1. The van der Waals surface area contributed by atoms with Gasteiger partial charge in [-0.05, 0) is 61.7 Å². The molecule has 3 aromatic rings. The second-order valence-electron chi connectivity index (χ2n) is 6.84. The summed E-state index contributed by atoms with van der Waals surface area (Å²) in [5.74, 6) is 1.30. The molecule has 1 amide bonds. The fourth-order valence-corrected chi connectivity index (χ4v) is 3.94. The summed E-state index contributed by atoms with van der Waals surface area (Å²) in [5, 5.41) is 3.40. The van der Waals surface area contributed by atoms with Gasteiger partial charge in [-0.2, -0.15) is 0 Å². The maximum absolute atomic E-state index is 12.3. The molecule has 0 unspecified atom stereocenters. The minimum absolute atomic E-state index is 0.0528. The smallest absolute Gasteiger partial charge is 0.264 e. The minimum atomic E-state index is -0.228. The summed E-state index contributed by atoms with van der Waals surface area (Å²) in [6.07, 6.45) is 2.15. The highest BCUT2D eigenvalue weighted by Gasteiger charge is 2.13. The minimum Gasteiger partial charge on any atom is -0.496 e. The standard InChI is InChI=1S/C23H26N2O3S/c1-5-6-17-7-10-19(11-8-17)28-14-21(26)24-23-25-22(16(3)29-23)18-9-12-20(27-4)15(2)13-18/h7-13H,5-6,14H2,1-4H3,(H,24,25,26). The Kier molecular flexibility index (Phi) is 6.88. The summed E-state index contributed by atoms with van der Waals surface area (Å²) in [5.41, 5.74) is 4.18. The zero-order chi connectivity index (χ0) is 20.8. The molecule has 1 heterocycles. The van der Waals surface area contributed by atoms with Gasteiger partial charge in [0.25, 0.3) is 5.91 Å². The number of hydrogen-bond donors (Lipinski definition) is 1. The number of nitrogens with zero attached hydrogens (tertiary/aromatic N) is 1. The highest BCUT2D eigenvalue weighted by molar-refractivity contribution is 7.16. The fraction of sp³-hybridized carbons (Fsp3) is 0.304. The van der Waals surface area contributed by atoms with E-state index >= 15 is 0 Å². The number of aromatic nitrogens is 1. The Hall–Kier alpha value is -2.86. The van der Waals surface area contributed by atoms with E-state index in [1.807, 2.05) is 56.3 Å². The van der Waals surface area contributed by atoms with Gasteiger partial charge in [-0.15, -0.1) is 11.3 Å². The molecule has 0 aliphatic rings. The summed E-state index contributed by atoms with van der Waals surface area (Å²) >= 11 is 1.45. The number of amides is 1. The summed E-state index contributed by atoms with van der Waals surface area (Å²) in [4.78, 5) is 17.9. The lowest BCUT2D eigenvalue weighted by atomic mass is 10.1. The molecule has 0 aliphatic heterocycles. The Morgan fingerprint density at radius 2 is 1.90 bits per heavy atom. The van der Waals surface area contributed by atoms with Crippen LogP contribution < -0.4 is 14.8 Å². The summed E-state index contributed by atoms with van der Waals surface area (Å²) in [7, 11) is 1.66. The van der Waals surface area contributed by atoms with Crippen molar-refractivity contribution in [3.63, 3.8) is 0 Å². The molecule has 3 rings (SSSR count). The van der Waals surface area contributed by atoms with Gasteiger partial charge in [-0.1, -0.05) is 25.5 Å². The second kappa shape index (κ2) is 9.56. The third-order valence-corrected chi connectivity index (χ3v) is 5.43. The number of nitrogens with one attached hydrogen (secondary N) is 1. The quantitative estimate of drug-likeness (QED) is 0.540. The first-order chi connectivity index (χ1) is 14.0. The molecule has 0 spiro atoms. The molecule has 6 heteroatoms. The summed E-state index contributed by atoms with van der Waals surface area (Å²) < 4.78 is 10.9. The molecule has 29 heavy (non-hydrogen) atoms. The molecule has 0 aliphatic carbocycles. The normalized spacial score (nSPS) is 10.6. The van der Waals surface area contributed by atoms with E-state index in [0.717, 1.165) is 40.3 Å². The predicted molar refractivity (Wildman–Crippen MR) is 118 cm³/mol. The number of methoxy groups -OCH3 is 1. The highest BCUT2D eigenvalue weighted by Crippen LogP contribution is 2.32. The van der Waals surface area contributed by atoms with E-state index < -0.39 is 0 Å². The van der Waals surface area contributed by atoms with Crippen molar-refractivity contribution in [2.45, 2.75) is 33.6 Å².